The van der Waals surface area contributed by atoms with Gasteiger partial charge in [-0.25, -0.2) is 13.1 Å². The maximum absolute atomic E-state index is 12.6. The number of aliphatic carboxylic acids is 1. The molecule has 2 aromatic carbocycles. The largest absolute Gasteiger partial charge is 0.545 e. The molecule has 136 valence electrons. The summed E-state index contributed by atoms with van der Waals surface area (Å²) in [7, 11) is -3.78. The summed E-state index contributed by atoms with van der Waals surface area (Å²) < 4.78 is 38.3. The van der Waals surface area contributed by atoms with Crippen molar-refractivity contribution in [2.24, 2.45) is 0 Å². The maximum atomic E-state index is 12.6. The number of aryl methyl sites for hydroxylation is 1. The molecule has 0 atom stereocenters. The molecule has 0 radical (unpaired) electrons. The van der Waals surface area contributed by atoms with E-state index in [4.69, 9.17) is 9.47 Å². The summed E-state index contributed by atoms with van der Waals surface area (Å²) in [6.07, 6.45) is 2.13. The Morgan fingerprint density at radius 1 is 1.19 bits per heavy atom. The second kappa shape index (κ2) is 7.19. The van der Waals surface area contributed by atoms with Gasteiger partial charge in [-0.3, -0.25) is 0 Å². The summed E-state index contributed by atoms with van der Waals surface area (Å²) >= 11 is 0. The van der Waals surface area contributed by atoms with Crippen LogP contribution in [0.5, 0.6) is 11.5 Å². The van der Waals surface area contributed by atoms with Crippen molar-refractivity contribution in [1.82, 2.24) is 4.72 Å². The Morgan fingerprint density at radius 3 is 2.73 bits per heavy atom. The van der Waals surface area contributed by atoms with Gasteiger partial charge in [0.15, 0.2) is 11.5 Å². The van der Waals surface area contributed by atoms with Crippen molar-refractivity contribution in [3.8, 4) is 11.5 Å². The molecular weight excluding hydrogens is 358 g/mol. The molecule has 3 rings (SSSR count). The van der Waals surface area contributed by atoms with E-state index >= 15 is 0 Å². The number of benzene rings is 2. The van der Waals surface area contributed by atoms with E-state index in [2.05, 4.69) is 4.72 Å². The Hall–Kier alpha value is -2.84. The van der Waals surface area contributed by atoms with E-state index in [1.54, 1.807) is 37.3 Å². The molecule has 8 heteroatoms. The highest BCUT2D eigenvalue weighted by molar-refractivity contribution is 7.89. The van der Waals surface area contributed by atoms with Crippen molar-refractivity contribution in [2.75, 3.05) is 6.79 Å². The van der Waals surface area contributed by atoms with Crippen molar-refractivity contribution in [2.45, 2.75) is 18.4 Å². The number of carboxylic acid groups (broad SMARTS) is 1. The smallest absolute Gasteiger partial charge is 0.241 e. The maximum Gasteiger partial charge on any atom is 0.241 e. The molecular formula is C18H16NO6S-. The molecule has 0 fully saturated rings. The normalized spacial score (nSPS) is 13.3. The molecule has 0 aromatic heterocycles. The molecule has 1 aliphatic heterocycles. The van der Waals surface area contributed by atoms with E-state index in [1.165, 1.54) is 12.1 Å². The summed E-state index contributed by atoms with van der Waals surface area (Å²) in [5.74, 6) is -0.150. The van der Waals surface area contributed by atoms with Crippen molar-refractivity contribution >= 4 is 22.1 Å². The fraction of sp³-hybridized carbons (Fsp3) is 0.167. The summed E-state index contributed by atoms with van der Waals surface area (Å²) in [5.41, 5.74) is 1.72. The Kier molecular flexibility index (Phi) is 4.97. The number of carbonyl (C=O) groups is 1. The van der Waals surface area contributed by atoms with Crippen LogP contribution < -0.4 is 19.3 Å². The highest BCUT2D eigenvalue weighted by atomic mass is 32.2. The van der Waals surface area contributed by atoms with Crippen molar-refractivity contribution in [1.29, 1.82) is 0 Å². The number of hydrogen-bond acceptors (Lipinski definition) is 6. The molecule has 0 saturated carbocycles. The van der Waals surface area contributed by atoms with Gasteiger partial charge in [0.05, 0.1) is 10.9 Å². The zero-order chi connectivity index (χ0) is 18.7. The SMILES string of the molecule is Cc1ccc(/C=C/C(=O)[O-])cc1S(=O)(=O)NCc1ccc2c(c1)OCO2. The number of fused-ring (bicyclic) bond motifs is 1. The van der Waals surface area contributed by atoms with Crippen LogP contribution in [0.4, 0.5) is 0 Å². The van der Waals surface area contributed by atoms with E-state index in [0.717, 1.165) is 11.6 Å². The Balaban J connectivity index is 1.79. The molecule has 1 aliphatic rings. The monoisotopic (exact) mass is 374 g/mol. The molecule has 0 saturated heterocycles. The molecule has 0 unspecified atom stereocenters. The summed E-state index contributed by atoms with van der Waals surface area (Å²) in [6, 6.07) is 9.85. The number of sulfonamides is 1. The fourth-order valence-corrected chi connectivity index (χ4v) is 3.78. The lowest BCUT2D eigenvalue weighted by Crippen LogP contribution is -2.24. The zero-order valence-electron chi connectivity index (χ0n) is 13.9. The van der Waals surface area contributed by atoms with Gasteiger partial charge < -0.3 is 19.4 Å². The second-order valence-electron chi connectivity index (χ2n) is 5.69. The highest BCUT2D eigenvalue weighted by Crippen LogP contribution is 2.32. The third-order valence-electron chi connectivity index (χ3n) is 3.82. The van der Waals surface area contributed by atoms with E-state index in [0.29, 0.717) is 22.6 Å². The molecule has 0 amide bonds. The average Bonchev–Trinajstić information content (AvgIpc) is 3.07. The predicted molar refractivity (Wildman–Crippen MR) is 91.8 cm³/mol. The lowest BCUT2D eigenvalue weighted by Gasteiger charge is -2.11. The third-order valence-corrected chi connectivity index (χ3v) is 5.36. The number of carbonyl (C=O) groups excluding carboxylic acids is 1. The van der Waals surface area contributed by atoms with Gasteiger partial charge in [0.1, 0.15) is 0 Å². The summed E-state index contributed by atoms with van der Waals surface area (Å²) in [5, 5.41) is 10.5. The first-order valence-electron chi connectivity index (χ1n) is 7.73. The zero-order valence-corrected chi connectivity index (χ0v) is 14.7. The van der Waals surface area contributed by atoms with Crippen molar-refractivity contribution in [3.05, 3.63) is 59.2 Å². The van der Waals surface area contributed by atoms with Gasteiger partial charge in [0.2, 0.25) is 16.8 Å². The van der Waals surface area contributed by atoms with E-state index in [9.17, 15) is 18.3 Å². The van der Waals surface area contributed by atoms with Crippen LogP contribution in [0.25, 0.3) is 6.08 Å². The van der Waals surface area contributed by atoms with Gasteiger partial charge in [-0.05, 0) is 47.9 Å². The molecule has 26 heavy (non-hydrogen) atoms. The standard InChI is InChI=1S/C18H17NO6S/c1-12-2-3-13(5-7-18(20)21)9-17(12)26(22,23)19-10-14-4-6-15-16(8-14)25-11-24-15/h2-9,19H,10-11H2,1H3,(H,20,21)/p-1/b7-5+. The lowest BCUT2D eigenvalue weighted by atomic mass is 10.1. The number of nitrogens with one attached hydrogen (secondary N) is 1. The number of ether oxygens (including phenoxy) is 2. The quantitative estimate of drug-likeness (QED) is 0.756. The van der Waals surface area contributed by atoms with Gasteiger partial charge in [0.25, 0.3) is 0 Å². The topological polar surface area (TPSA) is 105 Å². The first kappa shape index (κ1) is 18.0. The number of rotatable bonds is 6. The minimum atomic E-state index is -3.78. The van der Waals surface area contributed by atoms with Gasteiger partial charge >= 0.3 is 0 Å². The fourth-order valence-electron chi connectivity index (χ4n) is 2.48. The third kappa shape index (κ3) is 4.04. The molecule has 1 N–H and O–H groups in total. The molecule has 7 nitrogen and oxygen atoms in total. The van der Waals surface area contributed by atoms with E-state index in [-0.39, 0.29) is 18.2 Å². The highest BCUT2D eigenvalue weighted by Gasteiger charge is 2.18. The van der Waals surface area contributed by atoms with Gasteiger partial charge in [0, 0.05) is 6.54 Å². The Bertz CT molecular complexity index is 981. The second-order valence-corrected chi connectivity index (χ2v) is 7.42. The molecule has 0 aliphatic carbocycles. The number of carboxylic acids is 1. The van der Waals surface area contributed by atoms with Crippen LogP contribution in [0.3, 0.4) is 0 Å². The Labute approximate surface area is 150 Å². The van der Waals surface area contributed by atoms with Gasteiger partial charge in [-0.2, -0.15) is 0 Å². The molecule has 0 spiro atoms. The first-order chi connectivity index (χ1) is 12.3. The summed E-state index contributed by atoms with van der Waals surface area (Å²) in [6.45, 7) is 1.90. The lowest BCUT2D eigenvalue weighted by molar-refractivity contribution is -0.297. The summed E-state index contributed by atoms with van der Waals surface area (Å²) in [4.78, 5) is 10.6. The van der Waals surface area contributed by atoms with Gasteiger partial charge in [-0.15, -0.1) is 0 Å². The van der Waals surface area contributed by atoms with Crippen LogP contribution in [-0.2, 0) is 21.4 Å². The van der Waals surface area contributed by atoms with Gasteiger partial charge in [-0.1, -0.05) is 24.3 Å². The predicted octanol–water partition coefficient (Wildman–Crippen LogP) is 0.965. The Morgan fingerprint density at radius 2 is 1.96 bits per heavy atom. The van der Waals surface area contributed by atoms with E-state index < -0.39 is 16.0 Å². The van der Waals surface area contributed by atoms with Crippen LogP contribution in [-0.4, -0.2) is 21.2 Å². The average molecular weight is 374 g/mol. The minimum absolute atomic E-state index is 0.0809. The van der Waals surface area contributed by atoms with Crippen LogP contribution in [0.15, 0.2) is 47.4 Å². The minimum Gasteiger partial charge on any atom is -0.545 e. The van der Waals surface area contributed by atoms with E-state index in [1.807, 2.05) is 0 Å². The first-order valence-corrected chi connectivity index (χ1v) is 9.21. The number of hydrogen-bond donors (Lipinski definition) is 1. The van der Waals surface area contributed by atoms with Crippen LogP contribution >= 0.6 is 0 Å². The van der Waals surface area contributed by atoms with Crippen molar-refractivity contribution < 1.29 is 27.8 Å². The van der Waals surface area contributed by atoms with Crippen molar-refractivity contribution in [3.63, 3.8) is 0 Å². The van der Waals surface area contributed by atoms with Crippen LogP contribution in [0.2, 0.25) is 0 Å². The molecule has 2 aromatic rings. The van der Waals surface area contributed by atoms with Crippen LogP contribution in [0.1, 0.15) is 16.7 Å². The molecule has 0 bridgehead atoms. The molecule has 1 heterocycles. The van der Waals surface area contributed by atoms with Crippen LogP contribution in [0, 0.1) is 6.92 Å².